The summed E-state index contributed by atoms with van der Waals surface area (Å²) in [6, 6.07) is 13.8. The molecular weight excluding hydrogens is 302 g/mol. The first-order chi connectivity index (χ1) is 9.10. The maximum Gasteiger partial charge on any atom is 0.126 e. The van der Waals surface area contributed by atoms with Gasteiger partial charge in [-0.05, 0) is 59.6 Å². The number of nitriles is 1. The Morgan fingerprint density at radius 2 is 1.89 bits per heavy atom. The average molecular weight is 316 g/mol. The van der Waals surface area contributed by atoms with Crippen molar-refractivity contribution in [1.29, 1.82) is 5.26 Å². The van der Waals surface area contributed by atoms with Crippen LogP contribution < -0.4 is 5.32 Å². The van der Waals surface area contributed by atoms with Gasteiger partial charge in [0.2, 0.25) is 0 Å². The van der Waals surface area contributed by atoms with Crippen LogP contribution in [0.3, 0.4) is 0 Å². The van der Waals surface area contributed by atoms with E-state index >= 15 is 0 Å². The number of halogens is 1. The second-order valence-electron chi connectivity index (χ2n) is 4.36. The molecule has 2 aromatic rings. The zero-order valence-corrected chi connectivity index (χ0v) is 12.4. The molecule has 4 heteroatoms. The van der Waals surface area contributed by atoms with E-state index in [0.717, 1.165) is 21.5 Å². The highest BCUT2D eigenvalue weighted by molar-refractivity contribution is 9.10. The number of anilines is 1. The van der Waals surface area contributed by atoms with Crippen LogP contribution in [0.2, 0.25) is 0 Å². The molecule has 0 saturated heterocycles. The monoisotopic (exact) mass is 315 g/mol. The number of pyridine rings is 1. The molecule has 0 radical (unpaired) electrons. The molecule has 1 aromatic heterocycles. The molecule has 0 spiro atoms. The molecule has 2 rings (SSSR count). The highest BCUT2D eigenvalue weighted by atomic mass is 79.9. The normalized spacial score (nSPS) is 11.7. The molecule has 0 bridgehead atoms. The summed E-state index contributed by atoms with van der Waals surface area (Å²) in [7, 11) is 0. The Labute approximate surface area is 121 Å². The lowest BCUT2D eigenvalue weighted by Crippen LogP contribution is -2.08. The predicted molar refractivity (Wildman–Crippen MR) is 79.9 cm³/mol. The van der Waals surface area contributed by atoms with Gasteiger partial charge in [0.05, 0.1) is 17.3 Å². The van der Waals surface area contributed by atoms with Gasteiger partial charge in [0.1, 0.15) is 5.82 Å². The molecule has 1 heterocycles. The minimum atomic E-state index is 0.140. The Hall–Kier alpha value is -1.86. The van der Waals surface area contributed by atoms with E-state index in [2.05, 4.69) is 39.2 Å². The van der Waals surface area contributed by atoms with Gasteiger partial charge in [-0.15, -0.1) is 0 Å². The van der Waals surface area contributed by atoms with Crippen molar-refractivity contribution < 1.29 is 0 Å². The van der Waals surface area contributed by atoms with Crippen molar-refractivity contribution in [3.63, 3.8) is 0 Å². The van der Waals surface area contributed by atoms with Crippen molar-refractivity contribution in [3.05, 3.63) is 57.7 Å². The van der Waals surface area contributed by atoms with Crippen LogP contribution >= 0.6 is 15.9 Å². The number of hydrogen-bond acceptors (Lipinski definition) is 3. The second kappa shape index (κ2) is 5.85. The number of hydrogen-bond donors (Lipinski definition) is 1. The van der Waals surface area contributed by atoms with Gasteiger partial charge in [-0.1, -0.05) is 12.1 Å². The molecule has 1 atom stereocenters. The highest BCUT2D eigenvalue weighted by Crippen LogP contribution is 2.21. The predicted octanol–water partition coefficient (Wildman–Crippen LogP) is 4.20. The fraction of sp³-hybridized carbons (Fsp3) is 0.200. The van der Waals surface area contributed by atoms with Crippen LogP contribution in [0, 0.1) is 18.3 Å². The van der Waals surface area contributed by atoms with E-state index in [4.69, 9.17) is 5.26 Å². The summed E-state index contributed by atoms with van der Waals surface area (Å²) < 4.78 is 1.00. The molecule has 0 aliphatic rings. The number of aromatic nitrogens is 1. The van der Waals surface area contributed by atoms with Gasteiger partial charge in [0, 0.05) is 10.5 Å². The van der Waals surface area contributed by atoms with E-state index in [1.54, 1.807) is 0 Å². The van der Waals surface area contributed by atoms with Crippen LogP contribution in [0.1, 0.15) is 29.8 Å². The zero-order chi connectivity index (χ0) is 13.8. The smallest absolute Gasteiger partial charge is 0.126 e. The average Bonchev–Trinajstić information content (AvgIpc) is 2.43. The minimum Gasteiger partial charge on any atom is -0.364 e. The van der Waals surface area contributed by atoms with Crippen LogP contribution in [0.4, 0.5) is 5.82 Å². The summed E-state index contributed by atoms with van der Waals surface area (Å²) in [6.45, 7) is 4.03. The first kappa shape index (κ1) is 13.6. The highest BCUT2D eigenvalue weighted by Gasteiger charge is 2.07. The molecule has 0 aliphatic carbocycles. The van der Waals surface area contributed by atoms with Gasteiger partial charge >= 0.3 is 0 Å². The van der Waals surface area contributed by atoms with E-state index < -0.39 is 0 Å². The van der Waals surface area contributed by atoms with Crippen LogP contribution in [-0.2, 0) is 0 Å². The Bertz CT molecular complexity index is 614. The van der Waals surface area contributed by atoms with E-state index in [1.807, 2.05) is 43.3 Å². The summed E-state index contributed by atoms with van der Waals surface area (Å²) in [4.78, 5) is 4.46. The topological polar surface area (TPSA) is 48.7 Å². The summed E-state index contributed by atoms with van der Waals surface area (Å²) in [5.41, 5.74) is 2.76. The maximum atomic E-state index is 8.78. The first-order valence-corrected chi connectivity index (χ1v) is 6.79. The van der Waals surface area contributed by atoms with Crippen LogP contribution in [0.15, 0.2) is 40.9 Å². The van der Waals surface area contributed by atoms with E-state index in [9.17, 15) is 0 Å². The Morgan fingerprint density at radius 3 is 2.47 bits per heavy atom. The lowest BCUT2D eigenvalue weighted by Gasteiger charge is -2.15. The molecule has 1 N–H and O–H groups in total. The van der Waals surface area contributed by atoms with Crippen molar-refractivity contribution in [1.82, 2.24) is 4.98 Å². The zero-order valence-electron chi connectivity index (χ0n) is 10.8. The van der Waals surface area contributed by atoms with Crippen molar-refractivity contribution in [3.8, 4) is 6.07 Å². The molecule has 0 aliphatic heterocycles. The molecule has 0 fully saturated rings. The van der Waals surface area contributed by atoms with Gasteiger partial charge in [-0.2, -0.15) is 5.26 Å². The van der Waals surface area contributed by atoms with E-state index in [0.29, 0.717) is 5.56 Å². The van der Waals surface area contributed by atoms with Crippen molar-refractivity contribution in [2.45, 2.75) is 19.9 Å². The van der Waals surface area contributed by atoms with Crippen LogP contribution in [0.5, 0.6) is 0 Å². The Kier molecular flexibility index (Phi) is 4.18. The Balaban J connectivity index is 2.13. The van der Waals surface area contributed by atoms with E-state index in [-0.39, 0.29) is 6.04 Å². The fourth-order valence-electron chi connectivity index (χ4n) is 1.78. The number of benzene rings is 1. The first-order valence-electron chi connectivity index (χ1n) is 6.00. The quantitative estimate of drug-likeness (QED) is 0.923. The molecular formula is C15H14BrN3. The van der Waals surface area contributed by atoms with Gasteiger partial charge in [0.25, 0.3) is 0 Å². The maximum absolute atomic E-state index is 8.78. The molecule has 1 aromatic carbocycles. The largest absolute Gasteiger partial charge is 0.364 e. The third kappa shape index (κ3) is 3.33. The van der Waals surface area contributed by atoms with Crippen molar-refractivity contribution >= 4 is 21.7 Å². The molecule has 3 nitrogen and oxygen atoms in total. The molecule has 0 amide bonds. The lowest BCUT2D eigenvalue weighted by atomic mass is 10.1. The second-order valence-corrected chi connectivity index (χ2v) is 5.22. The third-order valence-electron chi connectivity index (χ3n) is 2.93. The minimum absolute atomic E-state index is 0.140. The molecule has 19 heavy (non-hydrogen) atoms. The number of rotatable bonds is 3. The standard InChI is InChI=1S/C15H14BrN3/c1-10(13-5-3-12(9-17)4-6-13)18-15-8-7-14(16)11(2)19-15/h3-8,10H,1-2H3,(H,18,19). The summed E-state index contributed by atoms with van der Waals surface area (Å²) in [5, 5.41) is 12.1. The van der Waals surface area contributed by atoms with E-state index in [1.165, 1.54) is 0 Å². The lowest BCUT2D eigenvalue weighted by molar-refractivity contribution is 0.871. The Morgan fingerprint density at radius 1 is 1.21 bits per heavy atom. The summed E-state index contributed by atoms with van der Waals surface area (Å²) >= 11 is 3.44. The summed E-state index contributed by atoms with van der Waals surface area (Å²) in [6.07, 6.45) is 0. The van der Waals surface area contributed by atoms with Gasteiger partial charge < -0.3 is 5.32 Å². The third-order valence-corrected chi connectivity index (χ3v) is 3.76. The van der Waals surface area contributed by atoms with Crippen LogP contribution in [-0.4, -0.2) is 4.98 Å². The number of aryl methyl sites for hydroxylation is 1. The van der Waals surface area contributed by atoms with Crippen molar-refractivity contribution in [2.75, 3.05) is 5.32 Å². The molecule has 1 unspecified atom stereocenters. The van der Waals surface area contributed by atoms with Crippen molar-refractivity contribution in [2.24, 2.45) is 0 Å². The van der Waals surface area contributed by atoms with Gasteiger partial charge in [-0.3, -0.25) is 0 Å². The van der Waals surface area contributed by atoms with Crippen LogP contribution in [0.25, 0.3) is 0 Å². The SMILES string of the molecule is Cc1nc(NC(C)c2ccc(C#N)cc2)ccc1Br. The summed E-state index contributed by atoms with van der Waals surface area (Å²) in [5.74, 6) is 0.845. The fourth-order valence-corrected chi connectivity index (χ4v) is 2.00. The molecule has 96 valence electrons. The number of nitrogens with zero attached hydrogens (tertiary/aromatic N) is 2. The van der Waals surface area contributed by atoms with Gasteiger partial charge in [-0.25, -0.2) is 4.98 Å². The van der Waals surface area contributed by atoms with Gasteiger partial charge in [0.15, 0.2) is 0 Å². The number of nitrogens with one attached hydrogen (secondary N) is 1. The molecule has 0 saturated carbocycles.